The third-order valence-electron chi connectivity index (χ3n) is 10.2. The van der Waals surface area contributed by atoms with E-state index in [1.807, 2.05) is 46.8 Å². The standard InChI is InChI=1S/C22H25NO6.C21H21NO5.IO4.Na/c1-12-6-7-16(9-18(12)29-15(4)25)20-22(27,11-24)21(26)23(20)17-8-13(2)14(3)19(10-17)28-5;1-11-6-7-15(9-17(11)27-14(4)23)19-20(24)21(25)22(19)16-8-12(2)13(3)18(10-16)26-5;2-1(3,4)5;/h6-10,20,24,27H,11H2,1-5H3;6-10,19H,1-5H3;;/q;;-1;+1/t20-,22-;19-;;/m00../s1. The van der Waals surface area contributed by atoms with Crippen molar-refractivity contribution in [3.63, 3.8) is 0 Å². The maximum absolute atomic E-state index is 12.8. The van der Waals surface area contributed by atoms with Gasteiger partial charge in [-0.25, -0.2) is 0 Å². The van der Waals surface area contributed by atoms with E-state index >= 15 is 0 Å². The Hall–Kier alpha value is -4.48. The van der Waals surface area contributed by atoms with Gasteiger partial charge in [-0.1, -0.05) is 24.3 Å². The molecule has 2 aliphatic rings. The van der Waals surface area contributed by atoms with Gasteiger partial charge in [-0.05, 0) is 110 Å². The SMILES string of the molecule is COc1cc(N2C(=O)C(=O)[C@@H]2c2ccc(C)c(OC(C)=O)c2)cc(C)c1C.COc1cc(N2C(=O)[C@](O)(CO)[C@@H]2c2ccc(C)c(OC(C)=O)c2)cc(C)c1C.[Na+].[O-][I+3]([O-])([O-])[O-]. The van der Waals surface area contributed by atoms with Gasteiger partial charge in [0.2, 0.25) is 5.78 Å². The number of amides is 2. The van der Waals surface area contributed by atoms with Crippen molar-refractivity contribution in [1.82, 2.24) is 0 Å². The Labute approximate surface area is 386 Å². The van der Waals surface area contributed by atoms with E-state index in [9.17, 15) is 34.2 Å². The summed E-state index contributed by atoms with van der Waals surface area (Å²) in [5.74, 6) is -0.590. The largest absolute Gasteiger partial charge is 1.00 e. The van der Waals surface area contributed by atoms with Gasteiger partial charge in [0.25, 0.3) is 11.8 Å². The quantitative estimate of drug-likeness (QED) is 0.0397. The number of nitrogens with zero attached hydrogens (tertiary/aromatic N) is 2. The van der Waals surface area contributed by atoms with Gasteiger partial charge in [0.1, 0.15) is 55.2 Å². The molecule has 3 atom stereocenters. The monoisotopic (exact) mass is 980 g/mol. The van der Waals surface area contributed by atoms with E-state index in [1.165, 1.54) is 23.6 Å². The molecule has 0 spiro atoms. The number of methoxy groups -OCH3 is 2. The molecule has 0 radical (unpaired) electrons. The molecule has 6 rings (SSSR count). The van der Waals surface area contributed by atoms with Gasteiger partial charge in [0.15, 0.2) is 5.60 Å². The van der Waals surface area contributed by atoms with Gasteiger partial charge in [-0.3, -0.25) is 47.5 Å². The number of aryl methyl sites for hydroxylation is 4. The molecule has 4 aromatic carbocycles. The van der Waals surface area contributed by atoms with Gasteiger partial charge in [-0.15, -0.1) is 0 Å². The van der Waals surface area contributed by atoms with E-state index in [2.05, 4.69) is 0 Å². The van der Waals surface area contributed by atoms with Gasteiger partial charge in [-0.2, -0.15) is 0 Å². The smallest absolute Gasteiger partial charge is 0.496 e. The molecular weight excluding hydrogens is 934 g/mol. The molecule has 2 saturated heterocycles. The summed E-state index contributed by atoms with van der Waals surface area (Å²) in [7, 11) is 3.12. The number of rotatable bonds is 9. The zero-order valence-electron chi connectivity index (χ0n) is 36.1. The molecule has 0 saturated carbocycles. The van der Waals surface area contributed by atoms with Gasteiger partial charge < -0.3 is 29.2 Å². The zero-order chi connectivity index (χ0) is 45.9. The second kappa shape index (κ2) is 20.8. The van der Waals surface area contributed by atoms with Crippen LogP contribution in [0, 0.1) is 41.5 Å². The molecule has 0 bridgehead atoms. The van der Waals surface area contributed by atoms with E-state index in [0.717, 1.165) is 33.4 Å². The molecule has 62 heavy (non-hydrogen) atoms. The van der Waals surface area contributed by atoms with Crippen molar-refractivity contribution >= 4 is 40.9 Å². The maximum atomic E-state index is 12.8. The first-order chi connectivity index (χ1) is 28.4. The second-order valence-corrected chi connectivity index (χ2v) is 16.6. The van der Waals surface area contributed by atoms with Crippen LogP contribution in [0.2, 0.25) is 0 Å². The first kappa shape index (κ1) is 51.9. The van der Waals surface area contributed by atoms with Crippen molar-refractivity contribution in [3.05, 3.63) is 105 Å². The predicted molar refractivity (Wildman–Crippen MR) is 207 cm³/mol. The molecule has 17 nitrogen and oxygen atoms in total. The number of halogens is 1. The van der Waals surface area contributed by atoms with Crippen LogP contribution < -0.4 is 92.1 Å². The van der Waals surface area contributed by atoms with Gasteiger partial charge >= 0.3 is 41.5 Å². The van der Waals surface area contributed by atoms with E-state index in [1.54, 1.807) is 69.7 Å². The summed E-state index contributed by atoms with van der Waals surface area (Å²) in [6.07, 6.45) is 0. The fourth-order valence-electron chi connectivity index (χ4n) is 6.83. The van der Waals surface area contributed by atoms with Crippen molar-refractivity contribution in [2.45, 2.75) is 73.1 Å². The second-order valence-electron chi connectivity index (χ2n) is 14.4. The van der Waals surface area contributed by atoms with Crippen LogP contribution >= 0.6 is 0 Å². The number of aliphatic hydroxyl groups is 2. The van der Waals surface area contributed by atoms with Crippen LogP contribution in [0.5, 0.6) is 23.0 Å². The minimum absolute atomic E-state index is 0. The van der Waals surface area contributed by atoms with Crippen LogP contribution in [0.3, 0.4) is 0 Å². The Kier molecular flexibility index (Phi) is 17.4. The molecule has 19 heteroatoms. The number of Topliss-reactive ketones (excluding diaryl/α,β-unsaturated/α-hetero) is 1. The molecule has 0 unspecified atom stereocenters. The topological polar surface area (TPSA) is 261 Å². The molecule has 0 aliphatic carbocycles. The first-order valence-corrected chi connectivity index (χ1v) is 21.9. The number of ketones is 1. The summed E-state index contributed by atoms with van der Waals surface area (Å²) in [6, 6.07) is 15.8. The van der Waals surface area contributed by atoms with Crippen LogP contribution in [0.15, 0.2) is 60.7 Å². The summed E-state index contributed by atoms with van der Waals surface area (Å²) in [5.41, 5.74) is 5.64. The minimum Gasteiger partial charge on any atom is -0.496 e. The third kappa shape index (κ3) is 11.4. The van der Waals surface area contributed by atoms with Crippen molar-refractivity contribution in [1.29, 1.82) is 0 Å². The van der Waals surface area contributed by atoms with E-state index < -0.39 is 73.9 Å². The number of hydrogen-bond acceptors (Lipinski definition) is 15. The Balaban J connectivity index is 0.000000294. The van der Waals surface area contributed by atoms with Crippen LogP contribution in [0.1, 0.15) is 70.4 Å². The van der Waals surface area contributed by atoms with Crippen LogP contribution in [-0.4, -0.2) is 66.2 Å². The van der Waals surface area contributed by atoms with E-state index in [-0.39, 0.29) is 29.6 Å². The number of anilines is 2. The minimum atomic E-state index is -5.94. The van der Waals surface area contributed by atoms with E-state index in [0.29, 0.717) is 45.5 Å². The molecule has 2 N–H and O–H groups in total. The summed E-state index contributed by atoms with van der Waals surface area (Å²) in [4.78, 5) is 63.0. The van der Waals surface area contributed by atoms with Crippen molar-refractivity contribution in [2.75, 3.05) is 30.6 Å². The van der Waals surface area contributed by atoms with Crippen LogP contribution in [0.4, 0.5) is 11.4 Å². The number of aliphatic hydroxyl groups excluding tert-OH is 1. The van der Waals surface area contributed by atoms with Crippen molar-refractivity contribution < 1.29 is 117 Å². The number of carbonyl (C=O) groups excluding carboxylic acids is 5. The number of benzene rings is 4. The fraction of sp³-hybridized carbons (Fsp3) is 0.326. The fourth-order valence-corrected chi connectivity index (χ4v) is 6.83. The summed E-state index contributed by atoms with van der Waals surface area (Å²) >= 11 is -5.94. The molecule has 2 heterocycles. The Morgan fingerprint density at radius 1 is 0.661 bits per heavy atom. The van der Waals surface area contributed by atoms with Crippen LogP contribution in [-0.2, 0) is 24.0 Å². The van der Waals surface area contributed by atoms with E-state index in [4.69, 9.17) is 32.7 Å². The summed E-state index contributed by atoms with van der Waals surface area (Å²) in [5, 5.41) is 20.6. The average molecular weight is 981 g/mol. The molecule has 2 amide bonds. The number of esters is 2. The average Bonchev–Trinajstić information content (AvgIpc) is 3.18. The zero-order valence-corrected chi connectivity index (χ0v) is 40.3. The maximum Gasteiger partial charge on any atom is 1.00 e. The van der Waals surface area contributed by atoms with Gasteiger partial charge in [0.05, 0.1) is 20.8 Å². The molecule has 2 fully saturated rings. The summed E-state index contributed by atoms with van der Waals surface area (Å²) in [6.45, 7) is 13.2. The normalized spacial score (nSPS) is 17.8. The Morgan fingerprint density at radius 2 is 1.06 bits per heavy atom. The first-order valence-electron chi connectivity index (χ1n) is 18.4. The predicted octanol–water partition coefficient (Wildman–Crippen LogP) is -5.19. The van der Waals surface area contributed by atoms with Crippen molar-refractivity contribution in [2.24, 2.45) is 0 Å². The molecule has 2 aliphatic heterocycles. The number of hydrogen-bond donors (Lipinski definition) is 2. The van der Waals surface area contributed by atoms with Crippen LogP contribution in [0.25, 0.3) is 0 Å². The number of β-lactam (4-membered cyclic amide) rings is 2. The molecule has 326 valence electrons. The summed E-state index contributed by atoms with van der Waals surface area (Å²) < 4.78 is 55.7. The third-order valence-corrected chi connectivity index (χ3v) is 10.2. The Bertz CT molecular complexity index is 2380. The van der Waals surface area contributed by atoms with Gasteiger partial charge in [0, 0.05) is 37.4 Å². The Morgan fingerprint density at radius 3 is 1.47 bits per heavy atom. The number of carbonyl (C=O) groups is 5. The molecule has 0 aromatic heterocycles. The molecule has 4 aromatic rings. The number of ether oxygens (including phenoxy) is 4. The van der Waals surface area contributed by atoms with Crippen molar-refractivity contribution in [3.8, 4) is 23.0 Å². The molecular formula is C43H46IN2NaO15.